The summed E-state index contributed by atoms with van der Waals surface area (Å²) in [7, 11) is 0. The summed E-state index contributed by atoms with van der Waals surface area (Å²) in [5.41, 5.74) is 1.07. The van der Waals surface area contributed by atoms with Crippen molar-refractivity contribution in [3.8, 4) is 11.4 Å². The van der Waals surface area contributed by atoms with Crippen LogP contribution < -0.4 is 15.7 Å². The first-order valence-corrected chi connectivity index (χ1v) is 12.8. The molecule has 0 bridgehead atoms. The summed E-state index contributed by atoms with van der Waals surface area (Å²) in [6.45, 7) is 4.40. The van der Waals surface area contributed by atoms with Gasteiger partial charge in [-0.15, -0.1) is 5.10 Å². The molecule has 9 heteroatoms. The number of benzene rings is 1. The SMILES string of the molecule is Cc1cnccc1NC(=O)c1cc(F)c(-n2nc3n(c2=O)CCCC3)cc1O[C@@H](C)C1CCCCC1. The topological polar surface area (TPSA) is 91.0 Å². The zero-order valence-corrected chi connectivity index (χ0v) is 20.8. The van der Waals surface area contributed by atoms with Crippen LogP contribution in [0.1, 0.15) is 73.6 Å². The molecule has 5 rings (SSSR count). The number of ether oxygens (including phenoxy) is 1. The highest BCUT2D eigenvalue weighted by Gasteiger charge is 2.27. The van der Waals surface area contributed by atoms with Crippen molar-refractivity contribution in [3.05, 3.63) is 63.8 Å². The van der Waals surface area contributed by atoms with Crippen LogP contribution in [0.5, 0.6) is 5.75 Å². The van der Waals surface area contributed by atoms with E-state index in [-0.39, 0.29) is 28.8 Å². The predicted molar refractivity (Wildman–Crippen MR) is 134 cm³/mol. The van der Waals surface area contributed by atoms with Crippen molar-refractivity contribution in [2.45, 2.75) is 77.9 Å². The van der Waals surface area contributed by atoms with Crippen LogP contribution in [-0.4, -0.2) is 31.3 Å². The Bertz CT molecular complexity index is 1330. The molecule has 0 spiro atoms. The number of halogens is 1. The van der Waals surface area contributed by atoms with Crippen molar-refractivity contribution >= 4 is 11.6 Å². The lowest BCUT2D eigenvalue weighted by molar-refractivity contribution is 0.0997. The van der Waals surface area contributed by atoms with Gasteiger partial charge in [0, 0.05) is 37.1 Å². The van der Waals surface area contributed by atoms with Crippen LogP contribution in [0.4, 0.5) is 10.1 Å². The van der Waals surface area contributed by atoms with Gasteiger partial charge in [-0.25, -0.2) is 9.18 Å². The normalized spacial score (nSPS) is 16.9. The van der Waals surface area contributed by atoms with E-state index in [4.69, 9.17) is 4.74 Å². The van der Waals surface area contributed by atoms with Crippen molar-refractivity contribution in [1.29, 1.82) is 0 Å². The first-order valence-electron chi connectivity index (χ1n) is 12.8. The van der Waals surface area contributed by atoms with Gasteiger partial charge in [0.05, 0.1) is 11.7 Å². The maximum absolute atomic E-state index is 15.5. The maximum atomic E-state index is 15.5. The van der Waals surface area contributed by atoms with Crippen molar-refractivity contribution in [2.24, 2.45) is 5.92 Å². The molecular formula is C27H32FN5O3. The Morgan fingerprint density at radius 2 is 2.00 bits per heavy atom. The monoisotopic (exact) mass is 493 g/mol. The Hall–Kier alpha value is -3.49. The van der Waals surface area contributed by atoms with E-state index in [0.717, 1.165) is 54.8 Å². The van der Waals surface area contributed by atoms with Crippen LogP contribution in [0.15, 0.2) is 35.4 Å². The summed E-state index contributed by atoms with van der Waals surface area (Å²) in [6.07, 6.45) is 11.2. The minimum atomic E-state index is -0.707. The van der Waals surface area contributed by atoms with Gasteiger partial charge in [-0.05, 0) is 63.1 Å². The number of amides is 1. The molecule has 190 valence electrons. The number of fused-ring (bicyclic) bond motifs is 1. The average molecular weight is 494 g/mol. The summed E-state index contributed by atoms with van der Waals surface area (Å²) in [4.78, 5) is 30.4. The van der Waals surface area contributed by atoms with Crippen LogP contribution in [-0.2, 0) is 13.0 Å². The van der Waals surface area contributed by atoms with Gasteiger partial charge in [-0.2, -0.15) is 4.68 Å². The van der Waals surface area contributed by atoms with Gasteiger partial charge in [-0.3, -0.25) is 14.3 Å². The summed E-state index contributed by atoms with van der Waals surface area (Å²) in [5, 5.41) is 7.25. The number of hydrogen-bond donors (Lipinski definition) is 1. The highest BCUT2D eigenvalue weighted by molar-refractivity contribution is 6.06. The van der Waals surface area contributed by atoms with Crippen molar-refractivity contribution in [1.82, 2.24) is 19.3 Å². The molecule has 1 aliphatic carbocycles. The zero-order chi connectivity index (χ0) is 25.2. The Morgan fingerprint density at radius 1 is 1.19 bits per heavy atom. The fourth-order valence-corrected chi connectivity index (χ4v) is 5.24. The van der Waals surface area contributed by atoms with Gasteiger partial charge in [0.15, 0.2) is 0 Å². The molecule has 1 fully saturated rings. The highest BCUT2D eigenvalue weighted by atomic mass is 19.1. The molecule has 1 aromatic carbocycles. The number of rotatable bonds is 6. The van der Waals surface area contributed by atoms with Crippen LogP contribution in [0.2, 0.25) is 0 Å². The minimum absolute atomic E-state index is 0.00983. The fourth-order valence-electron chi connectivity index (χ4n) is 5.24. The van der Waals surface area contributed by atoms with Gasteiger partial charge in [0.1, 0.15) is 23.1 Å². The molecule has 1 amide bonds. The number of hydrogen-bond acceptors (Lipinski definition) is 5. The molecule has 0 unspecified atom stereocenters. The number of anilines is 1. The average Bonchev–Trinajstić information content (AvgIpc) is 3.23. The van der Waals surface area contributed by atoms with Gasteiger partial charge >= 0.3 is 5.69 Å². The molecule has 2 aliphatic rings. The summed E-state index contributed by atoms with van der Waals surface area (Å²) < 4.78 is 24.5. The van der Waals surface area contributed by atoms with Crippen LogP contribution >= 0.6 is 0 Å². The Kier molecular flexibility index (Phi) is 6.89. The number of nitrogens with one attached hydrogen (secondary N) is 1. The van der Waals surface area contributed by atoms with E-state index in [1.54, 1.807) is 23.0 Å². The molecule has 1 aliphatic heterocycles. The van der Waals surface area contributed by atoms with Crippen LogP contribution in [0, 0.1) is 18.7 Å². The molecule has 0 radical (unpaired) electrons. The van der Waals surface area contributed by atoms with Gasteiger partial charge in [-0.1, -0.05) is 19.3 Å². The smallest absolute Gasteiger partial charge is 0.350 e. The first kappa shape index (κ1) is 24.2. The van der Waals surface area contributed by atoms with E-state index in [2.05, 4.69) is 15.4 Å². The molecule has 0 saturated heterocycles. The highest BCUT2D eigenvalue weighted by Crippen LogP contribution is 2.32. The number of carbonyl (C=O) groups excluding carboxylic acids is 1. The molecular weight excluding hydrogens is 461 g/mol. The van der Waals surface area contributed by atoms with Gasteiger partial charge < -0.3 is 10.1 Å². The van der Waals surface area contributed by atoms with E-state index in [9.17, 15) is 9.59 Å². The molecule has 8 nitrogen and oxygen atoms in total. The Balaban J connectivity index is 1.54. The lowest BCUT2D eigenvalue weighted by atomic mass is 9.86. The second-order valence-corrected chi connectivity index (χ2v) is 9.88. The van der Waals surface area contributed by atoms with E-state index in [1.807, 2.05) is 13.8 Å². The van der Waals surface area contributed by atoms with Gasteiger partial charge in [0.25, 0.3) is 5.91 Å². The Morgan fingerprint density at radius 3 is 2.75 bits per heavy atom. The standard InChI is InChI=1S/C27H32FN5O3/c1-17-16-29-12-11-22(17)30-26(34)20-14-21(28)23(33-27(35)32-13-7-6-10-25(32)31-33)15-24(20)36-18(2)19-8-4-3-5-9-19/h11-12,14-16,18-19H,3-10,13H2,1-2H3,(H,29,30,34)/t18-/m0/s1. The van der Waals surface area contributed by atoms with Crippen molar-refractivity contribution < 1.29 is 13.9 Å². The lowest BCUT2D eigenvalue weighted by Crippen LogP contribution is -2.28. The molecule has 3 heterocycles. The van der Waals surface area contributed by atoms with Crippen LogP contribution in [0.25, 0.3) is 5.69 Å². The van der Waals surface area contributed by atoms with Crippen molar-refractivity contribution in [3.63, 3.8) is 0 Å². The summed E-state index contributed by atoms with van der Waals surface area (Å²) in [6, 6.07) is 4.29. The third-order valence-electron chi connectivity index (χ3n) is 7.39. The van der Waals surface area contributed by atoms with E-state index in [0.29, 0.717) is 30.4 Å². The van der Waals surface area contributed by atoms with E-state index in [1.165, 1.54) is 12.5 Å². The number of nitrogens with zero attached hydrogens (tertiary/aromatic N) is 4. The van der Waals surface area contributed by atoms with Gasteiger partial charge in [0.2, 0.25) is 0 Å². The predicted octanol–water partition coefficient (Wildman–Crippen LogP) is 4.81. The molecule has 2 aromatic heterocycles. The molecule has 36 heavy (non-hydrogen) atoms. The second kappa shape index (κ2) is 10.2. The number of pyridine rings is 1. The largest absolute Gasteiger partial charge is 0.490 e. The zero-order valence-electron chi connectivity index (χ0n) is 20.8. The van der Waals surface area contributed by atoms with E-state index < -0.39 is 11.7 Å². The summed E-state index contributed by atoms with van der Waals surface area (Å²) in [5.74, 6) is 0.0531. The summed E-state index contributed by atoms with van der Waals surface area (Å²) >= 11 is 0. The maximum Gasteiger partial charge on any atom is 0.350 e. The second-order valence-electron chi connectivity index (χ2n) is 9.88. The molecule has 1 atom stereocenters. The number of carbonyl (C=O) groups is 1. The third-order valence-corrected chi connectivity index (χ3v) is 7.39. The lowest BCUT2D eigenvalue weighted by Gasteiger charge is -2.29. The minimum Gasteiger partial charge on any atom is -0.490 e. The number of aromatic nitrogens is 4. The Labute approximate surface area is 209 Å². The molecule has 3 aromatic rings. The molecule has 1 saturated carbocycles. The van der Waals surface area contributed by atoms with E-state index >= 15 is 4.39 Å². The van der Waals surface area contributed by atoms with Crippen molar-refractivity contribution in [2.75, 3.05) is 5.32 Å². The number of aryl methyl sites for hydroxylation is 2. The van der Waals surface area contributed by atoms with Crippen LogP contribution in [0.3, 0.4) is 0 Å². The quantitative estimate of drug-likeness (QED) is 0.532. The fraction of sp³-hybridized carbons (Fsp3) is 0.481. The third kappa shape index (κ3) is 4.79. The first-order chi connectivity index (χ1) is 17.4. The molecule has 1 N–H and O–H groups in total.